The van der Waals surface area contributed by atoms with Crippen LogP contribution in [0.5, 0.6) is 17.2 Å². The minimum atomic E-state index is -0.108. The molecule has 0 spiro atoms. The second kappa shape index (κ2) is 10.5. The maximum Gasteiger partial charge on any atom is 0.314 e. The van der Waals surface area contributed by atoms with Crippen LogP contribution in [0.4, 0.5) is 0 Å². The number of hydrogen-bond acceptors (Lipinski definition) is 4. The van der Waals surface area contributed by atoms with Crippen LogP contribution in [0.25, 0.3) is 0 Å². The lowest BCUT2D eigenvalue weighted by Gasteiger charge is -2.22. The van der Waals surface area contributed by atoms with Gasteiger partial charge in [0, 0.05) is 0 Å². The molecule has 2 aliphatic carbocycles. The number of carbonyl (C=O) groups is 1. The van der Waals surface area contributed by atoms with Crippen LogP contribution in [0, 0.1) is 5.92 Å². The van der Waals surface area contributed by atoms with Gasteiger partial charge >= 0.3 is 5.97 Å². The van der Waals surface area contributed by atoms with E-state index in [1.165, 1.54) is 44.1 Å². The van der Waals surface area contributed by atoms with E-state index in [0.29, 0.717) is 17.4 Å². The Bertz CT molecular complexity index is 785. The first kappa shape index (κ1) is 20.8. The van der Waals surface area contributed by atoms with Crippen molar-refractivity contribution in [2.45, 2.75) is 70.1 Å². The molecule has 0 saturated heterocycles. The average Bonchev–Trinajstić information content (AvgIpc) is 2.82. The van der Waals surface area contributed by atoms with E-state index >= 15 is 0 Å². The zero-order chi connectivity index (χ0) is 20.6. The van der Waals surface area contributed by atoms with Crippen LogP contribution < -0.4 is 14.2 Å². The summed E-state index contributed by atoms with van der Waals surface area (Å²) < 4.78 is 16.9. The molecule has 4 nitrogen and oxygen atoms in total. The van der Waals surface area contributed by atoms with Gasteiger partial charge in [-0.3, -0.25) is 4.79 Å². The highest BCUT2D eigenvalue weighted by molar-refractivity contribution is 5.75. The van der Waals surface area contributed by atoms with E-state index in [1.54, 1.807) is 24.3 Å². The number of esters is 1. The summed E-state index contributed by atoms with van der Waals surface area (Å²) in [6.07, 6.45) is 12.0. The van der Waals surface area contributed by atoms with Crippen molar-refractivity contribution in [2.24, 2.45) is 5.92 Å². The minimum Gasteiger partial charge on any atom is -0.458 e. The molecule has 0 amide bonds. The molecule has 0 N–H and O–H groups in total. The standard InChI is InChI=1S/C26H32O4/c27-26(22-9-5-2-6-10-22)30-25-17-15-24(16-18-25)29-19-28-23-13-11-21(12-14-23)20-7-3-1-4-8-20/h11-18,20,22H,1-10,19H2. The van der Waals surface area contributed by atoms with Gasteiger partial charge in [0.15, 0.2) is 0 Å². The summed E-state index contributed by atoms with van der Waals surface area (Å²) in [4.78, 5) is 12.2. The highest BCUT2D eigenvalue weighted by atomic mass is 16.7. The molecule has 160 valence electrons. The third-order valence-corrected chi connectivity index (χ3v) is 6.39. The number of benzene rings is 2. The fourth-order valence-corrected chi connectivity index (χ4v) is 4.58. The zero-order valence-corrected chi connectivity index (χ0v) is 17.7. The Morgan fingerprint density at radius 3 is 1.77 bits per heavy atom. The van der Waals surface area contributed by atoms with Gasteiger partial charge in [-0.2, -0.15) is 0 Å². The predicted molar refractivity (Wildman–Crippen MR) is 117 cm³/mol. The van der Waals surface area contributed by atoms with Crippen LogP contribution in [-0.2, 0) is 4.79 Å². The summed E-state index contributed by atoms with van der Waals surface area (Å²) in [6, 6.07) is 15.6. The molecule has 0 aromatic heterocycles. The fourth-order valence-electron chi connectivity index (χ4n) is 4.58. The first-order valence-electron chi connectivity index (χ1n) is 11.5. The van der Waals surface area contributed by atoms with E-state index in [9.17, 15) is 4.79 Å². The van der Waals surface area contributed by atoms with Crippen LogP contribution in [0.15, 0.2) is 48.5 Å². The summed E-state index contributed by atoms with van der Waals surface area (Å²) in [5.74, 6) is 2.71. The number of carbonyl (C=O) groups excluding carboxylic acids is 1. The average molecular weight is 409 g/mol. The number of ether oxygens (including phenoxy) is 3. The van der Waals surface area contributed by atoms with E-state index in [4.69, 9.17) is 14.2 Å². The Hall–Kier alpha value is -2.49. The molecule has 0 heterocycles. The van der Waals surface area contributed by atoms with E-state index < -0.39 is 0 Å². The molecule has 2 saturated carbocycles. The predicted octanol–water partition coefficient (Wildman–Crippen LogP) is 6.64. The molecule has 4 heteroatoms. The van der Waals surface area contributed by atoms with Gasteiger partial charge in [0.25, 0.3) is 0 Å². The Kier molecular flexibility index (Phi) is 7.28. The molecule has 2 aliphatic rings. The second-order valence-corrected chi connectivity index (χ2v) is 8.54. The Morgan fingerprint density at radius 1 is 0.667 bits per heavy atom. The van der Waals surface area contributed by atoms with Gasteiger partial charge in [-0.15, -0.1) is 0 Å². The third-order valence-electron chi connectivity index (χ3n) is 6.39. The lowest BCUT2D eigenvalue weighted by atomic mass is 9.84. The number of hydrogen-bond donors (Lipinski definition) is 0. The first-order valence-corrected chi connectivity index (χ1v) is 11.5. The third kappa shape index (κ3) is 5.78. The molecule has 0 unspecified atom stereocenters. The summed E-state index contributed by atoms with van der Waals surface area (Å²) in [5, 5.41) is 0. The molecule has 4 rings (SSSR count). The normalized spacial score (nSPS) is 18.0. The lowest BCUT2D eigenvalue weighted by molar-refractivity contribution is -0.139. The summed E-state index contributed by atoms with van der Waals surface area (Å²) >= 11 is 0. The van der Waals surface area contributed by atoms with E-state index in [-0.39, 0.29) is 18.7 Å². The van der Waals surface area contributed by atoms with E-state index in [2.05, 4.69) is 12.1 Å². The van der Waals surface area contributed by atoms with Crippen LogP contribution in [-0.4, -0.2) is 12.8 Å². The van der Waals surface area contributed by atoms with Crippen molar-refractivity contribution in [3.05, 3.63) is 54.1 Å². The van der Waals surface area contributed by atoms with Crippen molar-refractivity contribution >= 4 is 5.97 Å². The van der Waals surface area contributed by atoms with Gasteiger partial charge in [0.1, 0.15) is 17.2 Å². The summed E-state index contributed by atoms with van der Waals surface area (Å²) in [7, 11) is 0. The zero-order valence-electron chi connectivity index (χ0n) is 17.7. The van der Waals surface area contributed by atoms with E-state index in [0.717, 1.165) is 31.4 Å². The summed E-state index contributed by atoms with van der Waals surface area (Å²) in [6.45, 7) is 0.143. The minimum absolute atomic E-state index is 0.0487. The molecule has 0 bridgehead atoms. The smallest absolute Gasteiger partial charge is 0.314 e. The van der Waals surface area contributed by atoms with E-state index in [1.807, 2.05) is 12.1 Å². The maximum absolute atomic E-state index is 12.2. The topological polar surface area (TPSA) is 44.8 Å². The molecular formula is C26H32O4. The molecule has 2 aromatic rings. The number of rotatable bonds is 7. The highest BCUT2D eigenvalue weighted by Gasteiger charge is 2.23. The monoisotopic (exact) mass is 408 g/mol. The van der Waals surface area contributed by atoms with Crippen molar-refractivity contribution in [3.8, 4) is 17.2 Å². The van der Waals surface area contributed by atoms with Crippen molar-refractivity contribution in [3.63, 3.8) is 0 Å². The first-order chi connectivity index (χ1) is 14.8. The molecule has 2 fully saturated rings. The van der Waals surface area contributed by atoms with Crippen molar-refractivity contribution in [1.82, 2.24) is 0 Å². The Morgan fingerprint density at radius 2 is 1.17 bits per heavy atom. The van der Waals surface area contributed by atoms with Gasteiger partial charge < -0.3 is 14.2 Å². The molecule has 30 heavy (non-hydrogen) atoms. The van der Waals surface area contributed by atoms with Crippen molar-refractivity contribution < 1.29 is 19.0 Å². The Labute approximate surface area is 179 Å². The second-order valence-electron chi connectivity index (χ2n) is 8.54. The van der Waals surface area contributed by atoms with Crippen molar-refractivity contribution in [2.75, 3.05) is 6.79 Å². The molecular weight excluding hydrogens is 376 g/mol. The van der Waals surface area contributed by atoms with Gasteiger partial charge in [-0.25, -0.2) is 0 Å². The SMILES string of the molecule is O=C(Oc1ccc(OCOc2ccc(C3CCCCC3)cc2)cc1)C1CCCCC1. The maximum atomic E-state index is 12.2. The van der Waals surface area contributed by atoms with Crippen molar-refractivity contribution in [1.29, 1.82) is 0 Å². The van der Waals surface area contributed by atoms with Crippen LogP contribution in [0.1, 0.15) is 75.7 Å². The quantitative estimate of drug-likeness (QED) is 0.293. The molecule has 0 aliphatic heterocycles. The van der Waals surface area contributed by atoms with Crippen LogP contribution >= 0.6 is 0 Å². The molecule has 0 atom stereocenters. The van der Waals surface area contributed by atoms with Gasteiger partial charge in [-0.1, -0.05) is 50.7 Å². The fraction of sp³-hybridized carbons (Fsp3) is 0.500. The molecule has 0 radical (unpaired) electrons. The van der Waals surface area contributed by atoms with Crippen LogP contribution in [0.2, 0.25) is 0 Å². The van der Waals surface area contributed by atoms with Crippen LogP contribution in [0.3, 0.4) is 0 Å². The van der Waals surface area contributed by atoms with Gasteiger partial charge in [0.2, 0.25) is 6.79 Å². The van der Waals surface area contributed by atoms with Gasteiger partial charge in [-0.05, 0) is 73.6 Å². The van der Waals surface area contributed by atoms with Gasteiger partial charge in [0.05, 0.1) is 5.92 Å². The Balaban J connectivity index is 1.21. The largest absolute Gasteiger partial charge is 0.458 e. The molecule has 2 aromatic carbocycles. The summed E-state index contributed by atoms with van der Waals surface area (Å²) in [5.41, 5.74) is 1.42. The lowest BCUT2D eigenvalue weighted by Crippen LogP contribution is -2.22. The highest BCUT2D eigenvalue weighted by Crippen LogP contribution is 2.33.